The lowest BCUT2D eigenvalue weighted by Gasteiger charge is -1.91. The number of fused-ring (bicyclic) bond motifs is 1. The van der Waals surface area contributed by atoms with Crippen molar-refractivity contribution in [3.63, 3.8) is 0 Å². The van der Waals surface area contributed by atoms with Crippen LogP contribution in [-0.4, -0.2) is 5.11 Å². The summed E-state index contributed by atoms with van der Waals surface area (Å²) in [5.41, 5.74) is 0. The van der Waals surface area contributed by atoms with Crippen LogP contribution in [0.5, 0.6) is 0 Å². The summed E-state index contributed by atoms with van der Waals surface area (Å²) in [4.78, 5) is 4.80. The Labute approximate surface area is 232 Å². The summed E-state index contributed by atoms with van der Waals surface area (Å²) in [5.74, 6) is 0. The first-order valence-corrected chi connectivity index (χ1v) is 24.7. The number of rotatable bonds is 6. The van der Waals surface area contributed by atoms with Crippen LogP contribution in [0, 0.1) is 0 Å². The summed E-state index contributed by atoms with van der Waals surface area (Å²) in [6.45, 7) is 0. The molecule has 0 aliphatic rings. The van der Waals surface area contributed by atoms with Crippen LogP contribution in [0.15, 0.2) is 24.3 Å². The molecule has 0 fully saturated rings. The summed E-state index contributed by atoms with van der Waals surface area (Å²) in [6, 6.07) is 8.76. The molecule has 136 valence electrons. The van der Waals surface area contributed by atoms with Gasteiger partial charge < -0.3 is 0 Å². The third kappa shape index (κ3) is 4.87. The highest BCUT2D eigenvalue weighted by Crippen LogP contribution is 2.45. The molecule has 26 heavy (non-hydrogen) atoms. The van der Waals surface area contributed by atoms with E-state index in [2.05, 4.69) is 112 Å². The Morgan fingerprint density at radius 1 is 0.577 bits per heavy atom. The van der Waals surface area contributed by atoms with Crippen molar-refractivity contribution < 1.29 is 0 Å². The highest BCUT2D eigenvalue weighted by atomic mass is 127. The van der Waals surface area contributed by atoms with Crippen LogP contribution >= 0.6 is 158 Å². The van der Waals surface area contributed by atoms with Crippen LogP contribution in [0.3, 0.4) is 0 Å². The minimum atomic E-state index is -0.976. The van der Waals surface area contributed by atoms with Crippen molar-refractivity contribution >= 4 is 187 Å². The largest absolute Gasteiger partial charge is 0.133 e. The predicted octanol–water partition coefficient (Wildman–Crippen LogP) is 9.04. The fraction of sp³-hybridized carbons (Fsp3) is 0. The average molecular weight is 940 g/mol. The highest BCUT2D eigenvalue weighted by molar-refractivity contribution is 14.2. The Hall–Kier alpha value is 3.70. The number of hydrogen-bond acceptors (Lipinski definition) is 4. The van der Waals surface area contributed by atoms with Crippen LogP contribution in [-0.2, 0) is 0 Å². The molecule has 4 aromatic rings. The van der Waals surface area contributed by atoms with Gasteiger partial charge >= 0.3 is 0 Å². The lowest BCUT2D eigenvalue weighted by atomic mass is 10.3. The fourth-order valence-electron chi connectivity index (χ4n) is 2.31. The lowest BCUT2D eigenvalue weighted by molar-refractivity contribution is 2.05. The molecule has 0 amide bonds. The van der Waals surface area contributed by atoms with E-state index in [4.69, 9.17) is 5.11 Å². The van der Waals surface area contributed by atoms with Crippen molar-refractivity contribution in [3.8, 4) is 19.5 Å². The average Bonchev–Trinajstić information content (AvgIpc) is 3.40. The molecular weight excluding hydrogens is 928 g/mol. The van der Waals surface area contributed by atoms with Gasteiger partial charge in [0.2, 0.25) is 0 Å². The topological polar surface area (TPSA) is 0 Å². The first-order valence-electron chi connectivity index (χ1n) is 8.55. The van der Waals surface area contributed by atoms with Crippen molar-refractivity contribution in [2.45, 2.75) is 0 Å². The van der Waals surface area contributed by atoms with E-state index >= 15 is 0 Å². The molecule has 12 heteroatoms. The molecule has 0 bridgehead atoms. The third-order valence-electron chi connectivity index (χ3n) is 3.42. The van der Waals surface area contributed by atoms with Crippen LogP contribution in [0.25, 0.3) is 28.9 Å². The Morgan fingerprint density at radius 3 is 1.27 bits per heavy atom. The van der Waals surface area contributed by atoms with Gasteiger partial charge in [-0.15, -0.1) is 45.3 Å². The summed E-state index contributed by atoms with van der Waals surface area (Å²) in [7, 11) is 0. The van der Waals surface area contributed by atoms with Crippen molar-refractivity contribution in [2.75, 3.05) is 0 Å². The van der Waals surface area contributed by atoms with E-state index in [0.717, 1.165) is 19.8 Å². The van der Waals surface area contributed by atoms with Crippen LogP contribution in [0.1, 0.15) is 0 Å². The first-order chi connectivity index (χ1) is 14.2. The summed E-state index contributed by atoms with van der Waals surface area (Å²) >= 11 is 15.7. The molecule has 4 unspecified atom stereocenters. The molecule has 0 N–H and O–H groups in total. The van der Waals surface area contributed by atoms with Gasteiger partial charge in [0.15, 0.2) is 0 Å². The zero-order chi connectivity index (χ0) is 21.7. The third-order valence-corrected chi connectivity index (χ3v) is 19.6. The Balaban J connectivity index is 1.71. The molecule has 0 aliphatic carbocycles. The second-order valence-corrected chi connectivity index (χ2v) is 18.1. The molecular formula is C14H8I4P4S4. The van der Waals surface area contributed by atoms with Crippen LogP contribution in [0.2, 0.25) is 0 Å². The van der Waals surface area contributed by atoms with Gasteiger partial charge in [-0.3, -0.25) is 0 Å². The zero-order valence-corrected chi connectivity index (χ0v) is 27.7. The van der Waals surface area contributed by atoms with E-state index in [1.165, 1.54) is 28.9 Å². The second-order valence-electron chi connectivity index (χ2n) is 4.89. The smallest absolute Gasteiger partial charge is 0.0748 e. The van der Waals surface area contributed by atoms with Crippen molar-refractivity contribution in [1.82, 2.24) is 0 Å². The number of hydrogen-bond donors (Lipinski definition) is 0. The number of halogens is 4. The molecule has 4 atom stereocenters. The van der Waals surface area contributed by atoms with Crippen LogP contribution < -0.4 is 19.8 Å². The lowest BCUT2D eigenvalue weighted by Crippen LogP contribution is -2.03. The first kappa shape index (κ1) is 18.2. The molecule has 0 nitrogen and oxygen atoms in total. The maximum Gasteiger partial charge on any atom is 0.0748 e. The maximum atomic E-state index is 8.18. The van der Waals surface area contributed by atoms with Gasteiger partial charge in [-0.25, -0.2) is 0 Å². The maximum absolute atomic E-state index is 8.18. The van der Waals surface area contributed by atoms with Crippen LogP contribution in [0.4, 0.5) is 0 Å². The second kappa shape index (κ2) is 10.5. The van der Waals surface area contributed by atoms with Gasteiger partial charge in [0.05, 0.1) is 5.11 Å². The van der Waals surface area contributed by atoms with Gasteiger partial charge in [-0.05, 0) is 48.9 Å². The minimum absolute atomic E-state index is 0.968. The van der Waals surface area contributed by atoms with Crippen molar-refractivity contribution in [1.29, 1.82) is 5.11 Å². The molecule has 0 saturated heterocycles. The normalized spacial score (nSPS) is 18.8. The molecule has 0 spiro atoms. The Bertz CT molecular complexity index is 1030. The highest BCUT2D eigenvalue weighted by Gasteiger charge is 2.16. The minimum Gasteiger partial charge on any atom is -0.133 e. The van der Waals surface area contributed by atoms with E-state index in [9.17, 15) is 0 Å². The number of thiophene rings is 4. The SMILES string of the molecule is [2H]P(I)c1cc(-c2cc3sc(-c4cc(P([2H])I)c(P([2H])I)s4)cc3s2)sc1P([2H])I. The Kier molecular flexibility index (Phi) is 7.37. The van der Waals surface area contributed by atoms with Crippen molar-refractivity contribution in [2.24, 2.45) is 0 Å². The summed E-state index contributed by atoms with van der Waals surface area (Å²) in [5, 5.41) is 2.10. The van der Waals surface area contributed by atoms with Gasteiger partial charge in [0, 0.05) is 48.8 Å². The van der Waals surface area contributed by atoms with Gasteiger partial charge in [0.25, 0.3) is 0 Å². The molecule has 0 aromatic carbocycles. The van der Waals surface area contributed by atoms with E-state index in [1.54, 1.807) is 45.3 Å². The van der Waals surface area contributed by atoms with E-state index in [0.29, 0.717) is 0 Å². The molecule has 4 rings (SSSR count). The molecule has 4 heterocycles. The molecule has 0 aliphatic heterocycles. The fourth-order valence-corrected chi connectivity index (χ4v) is 18.3. The van der Waals surface area contributed by atoms with Crippen molar-refractivity contribution in [3.05, 3.63) is 24.3 Å². The monoisotopic (exact) mass is 939 g/mol. The quantitative estimate of drug-likeness (QED) is 0.134. The van der Waals surface area contributed by atoms with Gasteiger partial charge in [-0.2, -0.15) is 0 Å². The zero-order valence-electron chi connectivity index (χ0n) is 16.2. The summed E-state index contributed by atoms with van der Waals surface area (Å²) in [6.07, 6.45) is -3.89. The molecule has 4 aromatic heterocycles. The molecule has 0 radical (unpaired) electrons. The predicted molar refractivity (Wildman–Crippen MR) is 174 cm³/mol. The van der Waals surface area contributed by atoms with Gasteiger partial charge in [0.1, 0.15) is 0 Å². The van der Waals surface area contributed by atoms with Gasteiger partial charge in [-0.1, -0.05) is 88.2 Å². The Morgan fingerprint density at radius 2 is 0.962 bits per heavy atom. The standard InChI is InChI=1S/C14H8I4P4S4/c15-19-5-1-7(25-13(5)21-17)9-3-11-12(23-9)4-10(24-11)8-2-6(20-16)14(22-18)26-8/h1-4,19-22H/i19D,20D,21D,22D. The summed E-state index contributed by atoms with van der Waals surface area (Å²) < 4.78 is 37.4. The molecule has 0 saturated carbocycles. The van der Waals surface area contributed by atoms with E-state index in [1.807, 2.05) is 0 Å². The van der Waals surface area contributed by atoms with E-state index in [-0.39, 0.29) is 0 Å². The van der Waals surface area contributed by atoms with E-state index < -0.39 is 24.7 Å².